The molecule has 124 valence electrons. The first-order chi connectivity index (χ1) is 12.2. The van der Waals surface area contributed by atoms with Gasteiger partial charge in [-0.05, 0) is 41.8 Å². The van der Waals surface area contributed by atoms with E-state index in [-0.39, 0.29) is 12.5 Å². The predicted molar refractivity (Wildman–Crippen MR) is 93.6 cm³/mol. The minimum atomic E-state index is -0.579. The maximum atomic E-state index is 12.3. The van der Waals surface area contributed by atoms with Crippen LogP contribution in [0.5, 0.6) is 0 Å². The SMILES string of the molecule is N#Cc1ccc(/C=C/C(=O)OCC(=O)N2CCc3ccccc32)cc1. The van der Waals surface area contributed by atoms with E-state index in [1.54, 1.807) is 35.2 Å². The smallest absolute Gasteiger partial charge is 0.331 e. The minimum Gasteiger partial charge on any atom is -0.452 e. The molecule has 1 aliphatic heterocycles. The van der Waals surface area contributed by atoms with Crippen LogP contribution in [0.3, 0.4) is 0 Å². The Balaban J connectivity index is 1.53. The molecule has 5 nitrogen and oxygen atoms in total. The number of carbonyl (C=O) groups excluding carboxylic acids is 2. The second-order valence-electron chi connectivity index (χ2n) is 5.60. The lowest BCUT2D eigenvalue weighted by atomic mass is 10.1. The lowest BCUT2D eigenvalue weighted by molar-refractivity contribution is -0.142. The van der Waals surface area contributed by atoms with Crippen LogP contribution in [0, 0.1) is 11.3 Å². The van der Waals surface area contributed by atoms with Gasteiger partial charge in [0.15, 0.2) is 6.61 Å². The maximum absolute atomic E-state index is 12.3. The topological polar surface area (TPSA) is 70.4 Å². The number of carbonyl (C=O) groups is 2. The molecular weight excluding hydrogens is 316 g/mol. The van der Waals surface area contributed by atoms with Gasteiger partial charge in [0.2, 0.25) is 0 Å². The van der Waals surface area contributed by atoms with Crippen LogP contribution in [0.1, 0.15) is 16.7 Å². The summed E-state index contributed by atoms with van der Waals surface area (Å²) in [6, 6.07) is 16.5. The van der Waals surface area contributed by atoms with Crippen molar-refractivity contribution >= 4 is 23.6 Å². The van der Waals surface area contributed by atoms with Gasteiger partial charge < -0.3 is 9.64 Å². The van der Waals surface area contributed by atoms with Crippen LogP contribution in [0.25, 0.3) is 6.08 Å². The zero-order valence-corrected chi connectivity index (χ0v) is 13.5. The number of anilines is 1. The average molecular weight is 332 g/mol. The number of para-hydroxylation sites is 1. The summed E-state index contributed by atoms with van der Waals surface area (Å²) in [7, 11) is 0. The Bertz CT molecular complexity index is 863. The van der Waals surface area contributed by atoms with Gasteiger partial charge in [-0.25, -0.2) is 4.79 Å². The molecule has 0 spiro atoms. The first kappa shape index (κ1) is 16.5. The van der Waals surface area contributed by atoms with Gasteiger partial charge in [-0.1, -0.05) is 30.3 Å². The summed E-state index contributed by atoms with van der Waals surface area (Å²) >= 11 is 0. The van der Waals surface area contributed by atoms with E-state index in [0.717, 1.165) is 23.2 Å². The highest BCUT2D eigenvalue weighted by molar-refractivity contribution is 5.98. The van der Waals surface area contributed by atoms with Crippen molar-refractivity contribution in [1.82, 2.24) is 0 Å². The Hall–Kier alpha value is -3.39. The highest BCUT2D eigenvalue weighted by atomic mass is 16.5. The average Bonchev–Trinajstić information content (AvgIpc) is 3.09. The van der Waals surface area contributed by atoms with Crippen molar-refractivity contribution in [2.24, 2.45) is 0 Å². The van der Waals surface area contributed by atoms with Crippen molar-refractivity contribution < 1.29 is 14.3 Å². The Kier molecular flexibility index (Phi) is 4.91. The molecular formula is C20H16N2O3. The van der Waals surface area contributed by atoms with Crippen molar-refractivity contribution in [2.75, 3.05) is 18.1 Å². The second kappa shape index (κ2) is 7.45. The predicted octanol–water partition coefficient (Wildman–Crippen LogP) is 2.70. The van der Waals surface area contributed by atoms with E-state index in [1.807, 2.05) is 30.3 Å². The maximum Gasteiger partial charge on any atom is 0.331 e. The molecule has 0 saturated heterocycles. The van der Waals surface area contributed by atoms with Crippen LogP contribution < -0.4 is 4.90 Å². The minimum absolute atomic E-state index is 0.231. The van der Waals surface area contributed by atoms with Gasteiger partial charge in [-0.3, -0.25) is 4.79 Å². The summed E-state index contributed by atoms with van der Waals surface area (Å²) in [5.41, 5.74) is 3.34. The zero-order chi connectivity index (χ0) is 17.6. The molecule has 0 aromatic heterocycles. The second-order valence-corrected chi connectivity index (χ2v) is 5.60. The molecule has 5 heteroatoms. The van der Waals surface area contributed by atoms with Crippen LogP contribution in [0.15, 0.2) is 54.6 Å². The fraction of sp³-hybridized carbons (Fsp3) is 0.150. The van der Waals surface area contributed by atoms with E-state index in [0.29, 0.717) is 12.1 Å². The molecule has 0 atom stereocenters. The first-order valence-corrected chi connectivity index (χ1v) is 7.90. The zero-order valence-electron chi connectivity index (χ0n) is 13.5. The van der Waals surface area contributed by atoms with E-state index >= 15 is 0 Å². The quantitative estimate of drug-likeness (QED) is 0.637. The highest BCUT2D eigenvalue weighted by Crippen LogP contribution is 2.27. The number of hydrogen-bond donors (Lipinski definition) is 0. The fourth-order valence-corrected chi connectivity index (χ4v) is 2.69. The molecule has 0 radical (unpaired) electrons. The summed E-state index contributed by atoms with van der Waals surface area (Å²) in [6.45, 7) is 0.321. The van der Waals surface area contributed by atoms with Gasteiger partial charge in [-0.2, -0.15) is 5.26 Å². The van der Waals surface area contributed by atoms with Gasteiger partial charge >= 0.3 is 5.97 Å². The Morgan fingerprint density at radius 3 is 2.68 bits per heavy atom. The molecule has 0 bridgehead atoms. The van der Waals surface area contributed by atoms with E-state index in [9.17, 15) is 9.59 Å². The molecule has 1 amide bonds. The van der Waals surface area contributed by atoms with Gasteiger partial charge in [0.1, 0.15) is 0 Å². The van der Waals surface area contributed by atoms with Crippen LogP contribution in [-0.4, -0.2) is 25.0 Å². The first-order valence-electron chi connectivity index (χ1n) is 7.90. The molecule has 25 heavy (non-hydrogen) atoms. The molecule has 0 saturated carbocycles. The normalized spacial score (nSPS) is 12.7. The Morgan fingerprint density at radius 1 is 1.16 bits per heavy atom. The summed E-state index contributed by atoms with van der Waals surface area (Å²) < 4.78 is 5.03. The third-order valence-corrected chi connectivity index (χ3v) is 3.98. The van der Waals surface area contributed by atoms with E-state index in [1.165, 1.54) is 6.08 Å². The van der Waals surface area contributed by atoms with E-state index < -0.39 is 5.97 Å². The standard InChI is InChI=1S/C20H16N2O3/c21-13-16-7-5-15(6-8-16)9-10-20(24)25-14-19(23)22-12-11-17-3-1-2-4-18(17)22/h1-10H,11-12,14H2/b10-9+. The van der Waals surface area contributed by atoms with Gasteiger partial charge in [0.25, 0.3) is 5.91 Å². The van der Waals surface area contributed by atoms with Crippen molar-refractivity contribution in [2.45, 2.75) is 6.42 Å². The molecule has 0 unspecified atom stereocenters. The molecule has 0 aliphatic carbocycles. The van der Waals surface area contributed by atoms with Crippen LogP contribution in [0.2, 0.25) is 0 Å². The van der Waals surface area contributed by atoms with Gasteiger partial charge in [-0.15, -0.1) is 0 Å². The number of fused-ring (bicyclic) bond motifs is 1. The summed E-state index contributed by atoms with van der Waals surface area (Å²) in [5, 5.41) is 8.74. The molecule has 1 aliphatic rings. The monoisotopic (exact) mass is 332 g/mol. The number of esters is 1. The number of benzene rings is 2. The van der Waals surface area contributed by atoms with Gasteiger partial charge in [0, 0.05) is 18.3 Å². The Morgan fingerprint density at radius 2 is 1.92 bits per heavy atom. The summed E-state index contributed by atoms with van der Waals surface area (Å²) in [5.74, 6) is -0.810. The molecule has 1 heterocycles. The number of hydrogen-bond acceptors (Lipinski definition) is 4. The molecule has 0 N–H and O–H groups in total. The van der Waals surface area contributed by atoms with Crippen LogP contribution in [-0.2, 0) is 20.7 Å². The van der Waals surface area contributed by atoms with Crippen molar-refractivity contribution in [3.05, 3.63) is 71.3 Å². The molecule has 2 aromatic carbocycles. The molecule has 2 aromatic rings. The number of nitriles is 1. The van der Waals surface area contributed by atoms with Crippen LogP contribution in [0.4, 0.5) is 5.69 Å². The largest absolute Gasteiger partial charge is 0.452 e. The van der Waals surface area contributed by atoms with E-state index in [2.05, 4.69) is 0 Å². The summed E-state index contributed by atoms with van der Waals surface area (Å²) in [6.07, 6.45) is 3.67. The third-order valence-electron chi connectivity index (χ3n) is 3.98. The lowest BCUT2D eigenvalue weighted by Crippen LogP contribution is -2.33. The highest BCUT2D eigenvalue weighted by Gasteiger charge is 2.24. The third kappa shape index (κ3) is 3.93. The van der Waals surface area contributed by atoms with Crippen molar-refractivity contribution in [1.29, 1.82) is 5.26 Å². The fourth-order valence-electron chi connectivity index (χ4n) is 2.69. The molecule has 0 fully saturated rings. The number of amides is 1. The number of nitrogens with zero attached hydrogens (tertiary/aromatic N) is 2. The lowest BCUT2D eigenvalue weighted by Gasteiger charge is -2.16. The van der Waals surface area contributed by atoms with E-state index in [4.69, 9.17) is 10.00 Å². The molecule has 3 rings (SSSR count). The Labute approximate surface area is 145 Å². The van der Waals surface area contributed by atoms with Crippen molar-refractivity contribution in [3.63, 3.8) is 0 Å². The number of ether oxygens (including phenoxy) is 1. The van der Waals surface area contributed by atoms with Gasteiger partial charge in [0.05, 0.1) is 11.6 Å². The number of rotatable bonds is 4. The van der Waals surface area contributed by atoms with Crippen molar-refractivity contribution in [3.8, 4) is 6.07 Å². The summed E-state index contributed by atoms with van der Waals surface area (Å²) in [4.78, 5) is 25.7. The van der Waals surface area contributed by atoms with Crippen LogP contribution >= 0.6 is 0 Å².